The lowest BCUT2D eigenvalue weighted by Crippen LogP contribution is -2.49. The second-order valence-corrected chi connectivity index (χ2v) is 12.0. The van der Waals surface area contributed by atoms with Gasteiger partial charge in [-0.05, 0) is 51.6 Å². The summed E-state index contributed by atoms with van der Waals surface area (Å²) < 4.78 is 0. The summed E-state index contributed by atoms with van der Waals surface area (Å²) >= 11 is 0. The van der Waals surface area contributed by atoms with E-state index in [4.69, 9.17) is 0 Å². The fourth-order valence-corrected chi connectivity index (χ4v) is 8.09. The van der Waals surface area contributed by atoms with E-state index < -0.39 is 5.41 Å². The van der Waals surface area contributed by atoms with Crippen molar-refractivity contribution in [2.75, 3.05) is 0 Å². The molecular weight excluding hydrogens is 528 g/mol. The zero-order valence-electron chi connectivity index (χ0n) is 25.9. The van der Waals surface area contributed by atoms with Gasteiger partial charge in [0, 0.05) is 10.8 Å². The van der Waals surface area contributed by atoms with E-state index in [1.54, 1.807) is 0 Å². The van der Waals surface area contributed by atoms with Gasteiger partial charge in [0.2, 0.25) is 0 Å². The maximum Gasteiger partial charge on any atom is 0.0482 e. The van der Waals surface area contributed by atoms with Crippen LogP contribution in [0.2, 0.25) is 0 Å². The summed E-state index contributed by atoms with van der Waals surface area (Å²) in [5.41, 5.74) is 7.22. The predicted octanol–water partition coefficient (Wildman–Crippen LogP) is 11.1. The zero-order chi connectivity index (χ0) is 30.2. The van der Waals surface area contributed by atoms with Gasteiger partial charge in [-0.3, -0.25) is 0 Å². The van der Waals surface area contributed by atoms with Gasteiger partial charge in [0.1, 0.15) is 0 Å². The van der Waals surface area contributed by atoms with Crippen molar-refractivity contribution in [3.05, 3.63) is 215 Å². The van der Waals surface area contributed by atoms with Crippen LogP contribution in [0.4, 0.5) is 0 Å². The molecule has 44 heavy (non-hydrogen) atoms. The van der Waals surface area contributed by atoms with E-state index >= 15 is 0 Å². The van der Waals surface area contributed by atoms with Crippen LogP contribution in [-0.2, 0) is 10.8 Å². The highest BCUT2D eigenvalue weighted by molar-refractivity contribution is 5.56. The molecule has 0 heterocycles. The van der Waals surface area contributed by atoms with Gasteiger partial charge in [0.15, 0.2) is 0 Å². The smallest absolute Gasteiger partial charge is 0.0482 e. The van der Waals surface area contributed by atoms with Crippen molar-refractivity contribution in [2.24, 2.45) is 11.8 Å². The van der Waals surface area contributed by atoms with Crippen molar-refractivity contribution in [1.29, 1.82) is 0 Å². The zero-order valence-corrected chi connectivity index (χ0v) is 25.9. The molecule has 0 bridgehead atoms. The molecule has 0 aliphatic carbocycles. The molecule has 0 saturated carbocycles. The quantitative estimate of drug-likeness (QED) is 0.136. The normalized spacial score (nSPS) is 13.2. The molecule has 2 atom stereocenters. The first-order valence-electron chi connectivity index (χ1n) is 16.1. The first kappa shape index (κ1) is 29.4. The molecular formula is C44H42. The summed E-state index contributed by atoms with van der Waals surface area (Å²) in [6.07, 6.45) is 2.14. The lowest BCUT2D eigenvalue weighted by molar-refractivity contribution is 0.190. The summed E-state index contributed by atoms with van der Waals surface area (Å²) in [5, 5.41) is 0. The van der Waals surface area contributed by atoms with Gasteiger partial charge < -0.3 is 0 Å². The predicted molar refractivity (Wildman–Crippen MR) is 186 cm³/mol. The van der Waals surface area contributed by atoms with E-state index in [1.807, 2.05) is 0 Å². The molecule has 0 spiro atoms. The van der Waals surface area contributed by atoms with E-state index in [2.05, 4.69) is 196 Å². The van der Waals surface area contributed by atoms with E-state index in [9.17, 15) is 0 Å². The minimum Gasteiger partial charge on any atom is -0.0654 e. The Morgan fingerprint density at radius 1 is 0.364 bits per heavy atom. The monoisotopic (exact) mass is 570 g/mol. The molecule has 0 fully saturated rings. The van der Waals surface area contributed by atoms with Crippen molar-refractivity contribution < 1.29 is 0 Å². The third-order valence-electron chi connectivity index (χ3n) is 9.82. The molecule has 6 aromatic carbocycles. The third kappa shape index (κ3) is 5.09. The summed E-state index contributed by atoms with van der Waals surface area (Å²) in [5.74, 6) is 0.426. The minimum absolute atomic E-state index is 0.190. The van der Waals surface area contributed by atoms with Gasteiger partial charge in [-0.25, -0.2) is 0 Å². The highest BCUT2D eigenvalue weighted by Crippen LogP contribution is 2.57. The van der Waals surface area contributed by atoms with Gasteiger partial charge in [-0.1, -0.05) is 202 Å². The SMILES string of the molecule is CCCC(C(C)C(c1ccccc1)(c1ccccc1)c1ccccc1)C(c1ccccc1)(c1ccccc1)c1ccccc1. The van der Waals surface area contributed by atoms with E-state index in [0.717, 1.165) is 12.8 Å². The molecule has 0 saturated heterocycles. The van der Waals surface area contributed by atoms with Crippen LogP contribution in [0.25, 0.3) is 0 Å². The second kappa shape index (κ2) is 13.3. The molecule has 6 aromatic rings. The highest BCUT2D eigenvalue weighted by atomic mass is 14.5. The average molecular weight is 571 g/mol. The van der Waals surface area contributed by atoms with Crippen LogP contribution < -0.4 is 0 Å². The molecule has 0 aliphatic heterocycles. The molecule has 2 unspecified atom stereocenters. The Labute approximate surface area is 264 Å². The van der Waals surface area contributed by atoms with Crippen LogP contribution >= 0.6 is 0 Å². The first-order chi connectivity index (χ1) is 21.7. The molecule has 6 rings (SSSR count). The van der Waals surface area contributed by atoms with Crippen LogP contribution in [-0.4, -0.2) is 0 Å². The lowest BCUT2D eigenvalue weighted by atomic mass is 9.50. The Morgan fingerprint density at radius 2 is 0.591 bits per heavy atom. The maximum absolute atomic E-state index is 2.52. The van der Waals surface area contributed by atoms with Gasteiger partial charge >= 0.3 is 0 Å². The summed E-state index contributed by atoms with van der Waals surface area (Å²) in [7, 11) is 0. The number of rotatable bonds is 11. The van der Waals surface area contributed by atoms with E-state index in [1.165, 1.54) is 33.4 Å². The van der Waals surface area contributed by atoms with Crippen LogP contribution in [0.5, 0.6) is 0 Å². The highest BCUT2D eigenvalue weighted by Gasteiger charge is 2.52. The van der Waals surface area contributed by atoms with Gasteiger partial charge in [-0.2, -0.15) is 0 Å². The van der Waals surface area contributed by atoms with Crippen LogP contribution in [0.3, 0.4) is 0 Å². The summed E-state index contributed by atoms with van der Waals surface area (Å²) in [6, 6.07) is 67.5. The standard InChI is InChI=1S/C44H42/c1-3-22-42(44(39-29-16-7-17-30-39,40-31-18-8-19-32-40)41-33-20-9-21-34-41)35(2)43(36-23-10-4-11-24-36,37-25-12-5-13-26-37)38-27-14-6-15-28-38/h4-21,23-35,42H,3,22H2,1-2H3. The molecule has 0 aromatic heterocycles. The lowest BCUT2D eigenvalue weighted by Gasteiger charge is -2.52. The fraction of sp³-hybridized carbons (Fsp3) is 0.182. The number of benzene rings is 6. The molecule has 0 aliphatic rings. The molecule has 0 nitrogen and oxygen atoms in total. The van der Waals surface area contributed by atoms with Crippen molar-refractivity contribution in [2.45, 2.75) is 37.5 Å². The first-order valence-corrected chi connectivity index (χ1v) is 16.1. The Kier molecular flexibility index (Phi) is 8.89. The average Bonchev–Trinajstić information content (AvgIpc) is 3.11. The Morgan fingerprint density at radius 3 is 0.818 bits per heavy atom. The number of hydrogen-bond donors (Lipinski definition) is 0. The minimum atomic E-state index is -0.396. The summed E-state index contributed by atoms with van der Waals surface area (Å²) in [6.45, 7) is 4.87. The van der Waals surface area contributed by atoms with Crippen LogP contribution in [0, 0.1) is 11.8 Å². The van der Waals surface area contributed by atoms with Crippen LogP contribution in [0.1, 0.15) is 60.1 Å². The van der Waals surface area contributed by atoms with Crippen molar-refractivity contribution in [1.82, 2.24) is 0 Å². The van der Waals surface area contributed by atoms with Crippen molar-refractivity contribution >= 4 is 0 Å². The molecule has 218 valence electrons. The molecule has 0 amide bonds. The maximum atomic E-state index is 2.52. The van der Waals surface area contributed by atoms with Crippen molar-refractivity contribution in [3.8, 4) is 0 Å². The summed E-state index contributed by atoms with van der Waals surface area (Å²) in [4.78, 5) is 0. The Bertz CT molecular complexity index is 1500. The van der Waals surface area contributed by atoms with Crippen LogP contribution in [0.15, 0.2) is 182 Å². The Balaban J connectivity index is 1.75. The van der Waals surface area contributed by atoms with Crippen molar-refractivity contribution in [3.63, 3.8) is 0 Å². The third-order valence-corrected chi connectivity index (χ3v) is 9.82. The largest absolute Gasteiger partial charge is 0.0654 e. The number of hydrogen-bond acceptors (Lipinski definition) is 0. The van der Waals surface area contributed by atoms with Gasteiger partial charge in [0.25, 0.3) is 0 Å². The van der Waals surface area contributed by atoms with Gasteiger partial charge in [-0.15, -0.1) is 0 Å². The van der Waals surface area contributed by atoms with E-state index in [0.29, 0.717) is 0 Å². The van der Waals surface area contributed by atoms with Gasteiger partial charge in [0.05, 0.1) is 0 Å². The van der Waals surface area contributed by atoms with E-state index in [-0.39, 0.29) is 17.3 Å². The molecule has 0 radical (unpaired) electrons. The molecule has 0 heteroatoms. The second-order valence-electron chi connectivity index (χ2n) is 12.0. The Hall–Kier alpha value is -4.68. The molecule has 0 N–H and O–H groups in total. The fourth-order valence-electron chi connectivity index (χ4n) is 8.09. The topological polar surface area (TPSA) is 0 Å².